The van der Waals surface area contributed by atoms with Crippen LogP contribution in [0.15, 0.2) is 70.9 Å². The molecule has 32 heavy (non-hydrogen) atoms. The van der Waals surface area contributed by atoms with E-state index in [0.717, 1.165) is 0 Å². The Bertz CT molecular complexity index is 1210. The average Bonchev–Trinajstić information content (AvgIpc) is 3.41. The molecule has 8 nitrogen and oxygen atoms in total. The number of phenolic OH excluding ortho intramolecular Hbond substituents is 1. The SMILES string of the molecule is O=C1C(=O)N(Cc2ccco2)C(c2ccc(O)cc2)/C1=C(/O)c1ccc2c(c1)OCCO2. The predicted molar refractivity (Wildman–Crippen MR) is 112 cm³/mol. The first-order valence-electron chi connectivity index (χ1n) is 10.0. The van der Waals surface area contributed by atoms with Crippen molar-refractivity contribution in [2.45, 2.75) is 12.6 Å². The lowest BCUT2D eigenvalue weighted by Gasteiger charge is -2.24. The molecule has 8 heteroatoms. The molecule has 3 heterocycles. The molecular weight excluding hydrogens is 414 g/mol. The number of hydrogen-bond acceptors (Lipinski definition) is 7. The molecule has 1 fully saturated rings. The first-order chi connectivity index (χ1) is 15.5. The summed E-state index contributed by atoms with van der Waals surface area (Å²) in [4.78, 5) is 27.4. The number of ketones is 1. The highest BCUT2D eigenvalue weighted by Gasteiger charge is 2.46. The lowest BCUT2D eigenvalue weighted by atomic mass is 9.95. The van der Waals surface area contributed by atoms with Gasteiger partial charge >= 0.3 is 0 Å². The summed E-state index contributed by atoms with van der Waals surface area (Å²) in [5.41, 5.74) is 0.839. The fourth-order valence-electron chi connectivity index (χ4n) is 3.96. The average molecular weight is 433 g/mol. The number of Topliss-reactive ketones (excluding diaryl/α,β-unsaturated/α-hetero) is 1. The van der Waals surface area contributed by atoms with Crippen molar-refractivity contribution in [2.24, 2.45) is 0 Å². The maximum absolute atomic E-state index is 13.1. The van der Waals surface area contributed by atoms with Gasteiger partial charge in [0.05, 0.1) is 24.4 Å². The van der Waals surface area contributed by atoms with Crippen molar-refractivity contribution in [3.05, 3.63) is 83.3 Å². The molecule has 1 aromatic heterocycles. The van der Waals surface area contributed by atoms with Crippen molar-refractivity contribution >= 4 is 17.4 Å². The van der Waals surface area contributed by atoms with Crippen LogP contribution in [-0.4, -0.2) is 40.0 Å². The van der Waals surface area contributed by atoms with E-state index in [1.165, 1.54) is 23.3 Å². The van der Waals surface area contributed by atoms with Crippen LogP contribution in [0.1, 0.15) is 22.9 Å². The molecule has 1 atom stereocenters. The summed E-state index contributed by atoms with van der Waals surface area (Å²) in [5, 5.41) is 20.8. The van der Waals surface area contributed by atoms with E-state index in [4.69, 9.17) is 13.9 Å². The minimum atomic E-state index is -0.867. The summed E-state index contributed by atoms with van der Waals surface area (Å²) in [7, 11) is 0. The Morgan fingerprint density at radius 3 is 2.47 bits per heavy atom. The molecule has 1 saturated heterocycles. The van der Waals surface area contributed by atoms with E-state index in [1.54, 1.807) is 42.5 Å². The number of aliphatic hydroxyl groups excluding tert-OH is 1. The molecule has 162 valence electrons. The first-order valence-corrected chi connectivity index (χ1v) is 10.0. The second kappa shape index (κ2) is 7.81. The summed E-state index contributed by atoms with van der Waals surface area (Å²) >= 11 is 0. The number of likely N-dealkylation sites (tertiary alicyclic amines) is 1. The van der Waals surface area contributed by atoms with Crippen LogP contribution in [0, 0.1) is 0 Å². The molecule has 3 aromatic rings. The van der Waals surface area contributed by atoms with Crippen LogP contribution in [0.5, 0.6) is 17.2 Å². The lowest BCUT2D eigenvalue weighted by Crippen LogP contribution is -2.29. The van der Waals surface area contributed by atoms with Crippen LogP contribution in [-0.2, 0) is 16.1 Å². The van der Waals surface area contributed by atoms with Crippen molar-refractivity contribution < 1.29 is 33.7 Å². The molecule has 0 radical (unpaired) electrons. The summed E-state index contributed by atoms with van der Waals surface area (Å²) in [6.07, 6.45) is 1.48. The van der Waals surface area contributed by atoms with Crippen LogP contribution in [0.3, 0.4) is 0 Å². The number of rotatable bonds is 4. The Kier molecular flexibility index (Phi) is 4.82. The van der Waals surface area contributed by atoms with Gasteiger partial charge in [-0.3, -0.25) is 9.59 Å². The zero-order valence-corrected chi connectivity index (χ0v) is 16.9. The van der Waals surface area contributed by atoms with E-state index in [2.05, 4.69) is 0 Å². The summed E-state index contributed by atoms with van der Waals surface area (Å²) in [6.45, 7) is 0.844. The Labute approximate surface area is 182 Å². The third-order valence-electron chi connectivity index (χ3n) is 5.47. The Hall–Kier alpha value is -4.20. The van der Waals surface area contributed by atoms with Gasteiger partial charge in [-0.05, 0) is 48.0 Å². The number of carbonyl (C=O) groups excluding carboxylic acids is 2. The Balaban J connectivity index is 1.63. The second-order valence-electron chi connectivity index (χ2n) is 7.46. The fourth-order valence-corrected chi connectivity index (χ4v) is 3.96. The number of fused-ring (bicyclic) bond motifs is 1. The van der Waals surface area contributed by atoms with Gasteiger partial charge in [0, 0.05) is 5.56 Å². The molecule has 2 aliphatic rings. The lowest BCUT2D eigenvalue weighted by molar-refractivity contribution is -0.140. The molecule has 0 saturated carbocycles. The number of aliphatic hydroxyl groups is 1. The van der Waals surface area contributed by atoms with Crippen molar-refractivity contribution in [2.75, 3.05) is 13.2 Å². The first kappa shape index (κ1) is 19.7. The zero-order valence-electron chi connectivity index (χ0n) is 16.9. The molecule has 2 aromatic carbocycles. The topological polar surface area (TPSA) is 109 Å². The molecule has 5 rings (SSSR count). The molecule has 1 amide bonds. The maximum atomic E-state index is 13.1. The fraction of sp³-hybridized carbons (Fsp3) is 0.167. The van der Waals surface area contributed by atoms with Crippen LogP contribution >= 0.6 is 0 Å². The molecule has 0 aliphatic carbocycles. The largest absolute Gasteiger partial charge is 0.508 e. The van der Waals surface area contributed by atoms with Gasteiger partial charge in [0.2, 0.25) is 0 Å². The van der Waals surface area contributed by atoms with Gasteiger partial charge in [-0.1, -0.05) is 12.1 Å². The van der Waals surface area contributed by atoms with Gasteiger partial charge in [0.15, 0.2) is 11.5 Å². The number of benzene rings is 2. The molecule has 1 unspecified atom stereocenters. The standard InChI is InChI=1S/C24H19NO7/c26-16-6-3-14(4-7-16)21-20(23(28)24(29)25(21)13-17-2-1-9-30-17)22(27)15-5-8-18-19(12-15)32-11-10-31-18/h1-9,12,21,26-27H,10-11,13H2/b22-20-. The highest BCUT2D eigenvalue weighted by Crippen LogP contribution is 2.42. The predicted octanol–water partition coefficient (Wildman–Crippen LogP) is 3.38. The third-order valence-corrected chi connectivity index (χ3v) is 5.47. The number of phenols is 1. The van der Waals surface area contributed by atoms with Crippen molar-refractivity contribution in [3.8, 4) is 17.2 Å². The smallest absolute Gasteiger partial charge is 0.296 e. The van der Waals surface area contributed by atoms with Gasteiger partial charge in [0.25, 0.3) is 11.7 Å². The number of ether oxygens (including phenoxy) is 2. The van der Waals surface area contributed by atoms with Crippen LogP contribution in [0.4, 0.5) is 0 Å². The number of amides is 1. The number of aromatic hydroxyl groups is 1. The zero-order chi connectivity index (χ0) is 22.2. The van der Waals surface area contributed by atoms with Crippen molar-refractivity contribution in [3.63, 3.8) is 0 Å². The van der Waals surface area contributed by atoms with Crippen molar-refractivity contribution in [1.82, 2.24) is 4.90 Å². The van der Waals surface area contributed by atoms with Gasteiger partial charge < -0.3 is 29.0 Å². The van der Waals surface area contributed by atoms with E-state index >= 15 is 0 Å². The second-order valence-corrected chi connectivity index (χ2v) is 7.46. The number of furan rings is 1. The summed E-state index contributed by atoms with van der Waals surface area (Å²) < 4.78 is 16.5. The van der Waals surface area contributed by atoms with E-state index in [1.807, 2.05) is 0 Å². The molecular formula is C24H19NO7. The minimum Gasteiger partial charge on any atom is -0.508 e. The van der Waals surface area contributed by atoms with Crippen LogP contribution in [0.2, 0.25) is 0 Å². The Morgan fingerprint density at radius 1 is 1.00 bits per heavy atom. The van der Waals surface area contributed by atoms with E-state index in [9.17, 15) is 19.8 Å². The monoisotopic (exact) mass is 433 g/mol. The molecule has 0 bridgehead atoms. The van der Waals surface area contributed by atoms with E-state index < -0.39 is 17.7 Å². The number of nitrogens with zero attached hydrogens (tertiary/aromatic N) is 1. The Morgan fingerprint density at radius 2 is 1.75 bits per heavy atom. The van der Waals surface area contributed by atoms with Crippen LogP contribution in [0.25, 0.3) is 5.76 Å². The molecule has 0 spiro atoms. The normalized spacial score (nSPS) is 19.4. The van der Waals surface area contributed by atoms with Gasteiger partial charge in [-0.25, -0.2) is 0 Å². The molecule has 2 aliphatic heterocycles. The van der Waals surface area contributed by atoms with Gasteiger partial charge in [0.1, 0.15) is 30.5 Å². The van der Waals surface area contributed by atoms with Crippen LogP contribution < -0.4 is 9.47 Å². The van der Waals surface area contributed by atoms with E-state index in [0.29, 0.717) is 41.6 Å². The highest BCUT2D eigenvalue weighted by atomic mass is 16.6. The third kappa shape index (κ3) is 3.35. The summed E-state index contributed by atoms with van der Waals surface area (Å²) in [5.74, 6) is -0.341. The molecule has 2 N–H and O–H groups in total. The van der Waals surface area contributed by atoms with Crippen molar-refractivity contribution in [1.29, 1.82) is 0 Å². The number of carbonyl (C=O) groups is 2. The maximum Gasteiger partial charge on any atom is 0.296 e. The highest BCUT2D eigenvalue weighted by molar-refractivity contribution is 6.46. The van der Waals surface area contributed by atoms with Gasteiger partial charge in [-0.2, -0.15) is 0 Å². The minimum absolute atomic E-state index is 0.0427. The van der Waals surface area contributed by atoms with Gasteiger partial charge in [-0.15, -0.1) is 0 Å². The number of hydrogen-bond donors (Lipinski definition) is 2. The quantitative estimate of drug-likeness (QED) is 0.369. The van der Waals surface area contributed by atoms with E-state index in [-0.39, 0.29) is 23.6 Å². The summed E-state index contributed by atoms with van der Waals surface area (Å²) in [6, 6.07) is 13.5.